The molecule has 3 aromatic rings. The Kier molecular flexibility index (Phi) is 6.46. The van der Waals surface area contributed by atoms with Crippen LogP contribution in [0, 0.1) is 13.8 Å². The first-order valence-electron chi connectivity index (χ1n) is 8.35. The van der Waals surface area contributed by atoms with E-state index in [1.165, 1.54) is 11.8 Å². The fourth-order valence-electron chi connectivity index (χ4n) is 2.37. The van der Waals surface area contributed by atoms with Crippen LogP contribution in [0.2, 0.25) is 0 Å². The van der Waals surface area contributed by atoms with E-state index in [9.17, 15) is 9.59 Å². The fraction of sp³-hybridized carbons (Fsp3) is 0.278. The number of nitrogens with zero attached hydrogens (tertiary/aromatic N) is 4. The van der Waals surface area contributed by atoms with Gasteiger partial charge in [-0.15, -0.1) is 16.9 Å². The highest BCUT2D eigenvalue weighted by molar-refractivity contribution is 7.99. The van der Waals surface area contributed by atoms with Gasteiger partial charge in [0.25, 0.3) is 5.78 Å². The number of aromatic nitrogens is 4. The van der Waals surface area contributed by atoms with Gasteiger partial charge in [0, 0.05) is 28.5 Å². The molecule has 0 radical (unpaired) electrons. The molecule has 0 unspecified atom stereocenters. The van der Waals surface area contributed by atoms with Crippen LogP contribution in [0.5, 0.6) is 0 Å². The van der Waals surface area contributed by atoms with Crippen molar-refractivity contribution >= 4 is 41.1 Å². The molecule has 0 saturated heterocycles. The molecule has 140 valence electrons. The van der Waals surface area contributed by atoms with Gasteiger partial charge in [0.15, 0.2) is 0 Å². The molecule has 2 heterocycles. The molecule has 0 atom stereocenters. The van der Waals surface area contributed by atoms with Crippen molar-refractivity contribution in [1.82, 2.24) is 24.9 Å². The van der Waals surface area contributed by atoms with Crippen molar-refractivity contribution in [3.63, 3.8) is 0 Å². The van der Waals surface area contributed by atoms with E-state index in [2.05, 4.69) is 20.4 Å². The first kappa shape index (κ1) is 19.4. The number of amides is 2. The van der Waals surface area contributed by atoms with Gasteiger partial charge in [-0.25, -0.2) is 9.50 Å². The van der Waals surface area contributed by atoms with Crippen LogP contribution >= 0.6 is 23.5 Å². The topological polar surface area (TPSA) is 89.3 Å². The number of benzene rings is 1. The first-order valence-corrected chi connectivity index (χ1v) is 10.3. The minimum atomic E-state index is -0.352. The molecule has 0 spiro atoms. The molecule has 2 aromatic heterocycles. The standard InChI is InChI=1S/C18H19N5O2S2/c1-12-10-13(2)23-17(19-12)21-18(22-23)27-11-16(25)20-15(24)8-9-26-14-6-4-3-5-7-14/h3-7,10H,8-9,11H2,1-2H3,(H,20,24,25). The second kappa shape index (κ2) is 9.01. The average Bonchev–Trinajstić information content (AvgIpc) is 3.04. The fourth-order valence-corrected chi connectivity index (χ4v) is 3.86. The molecule has 1 N–H and O–H groups in total. The molecule has 0 bridgehead atoms. The summed E-state index contributed by atoms with van der Waals surface area (Å²) in [5, 5.41) is 7.18. The van der Waals surface area contributed by atoms with Crippen LogP contribution in [0.15, 0.2) is 46.5 Å². The van der Waals surface area contributed by atoms with Crippen LogP contribution < -0.4 is 5.32 Å². The van der Waals surface area contributed by atoms with Gasteiger partial charge in [0.2, 0.25) is 17.0 Å². The normalized spacial score (nSPS) is 10.9. The maximum Gasteiger partial charge on any atom is 0.253 e. The molecule has 0 saturated carbocycles. The van der Waals surface area contributed by atoms with E-state index in [4.69, 9.17) is 0 Å². The molecule has 7 nitrogen and oxygen atoms in total. The Bertz CT molecular complexity index is 959. The number of hydrogen-bond donors (Lipinski definition) is 1. The number of nitrogens with one attached hydrogen (secondary N) is 1. The molecule has 0 fully saturated rings. The van der Waals surface area contributed by atoms with Gasteiger partial charge in [-0.05, 0) is 32.0 Å². The summed E-state index contributed by atoms with van der Waals surface area (Å²) in [4.78, 5) is 33.6. The van der Waals surface area contributed by atoms with E-state index in [1.54, 1.807) is 16.3 Å². The highest BCUT2D eigenvalue weighted by Gasteiger charge is 2.12. The predicted octanol–water partition coefficient (Wildman–Crippen LogP) is 2.66. The second-order valence-corrected chi connectivity index (χ2v) is 7.93. The quantitative estimate of drug-likeness (QED) is 0.609. The average molecular weight is 402 g/mol. The Morgan fingerprint density at radius 3 is 2.63 bits per heavy atom. The van der Waals surface area contributed by atoms with E-state index in [1.807, 2.05) is 50.2 Å². The van der Waals surface area contributed by atoms with E-state index >= 15 is 0 Å². The lowest BCUT2D eigenvalue weighted by Crippen LogP contribution is -2.32. The Labute approximate surface area is 165 Å². The molecule has 0 aliphatic heterocycles. The van der Waals surface area contributed by atoms with Crippen LogP contribution in [0.4, 0.5) is 0 Å². The lowest BCUT2D eigenvalue weighted by Gasteiger charge is -2.03. The van der Waals surface area contributed by atoms with Crippen LogP contribution in [-0.4, -0.2) is 42.9 Å². The number of carbonyl (C=O) groups excluding carboxylic acids is 2. The molecule has 0 aliphatic rings. The Balaban J connectivity index is 1.44. The number of rotatable bonds is 7. The summed E-state index contributed by atoms with van der Waals surface area (Å²) in [5.74, 6) is 0.570. The smallest absolute Gasteiger partial charge is 0.253 e. The zero-order valence-corrected chi connectivity index (χ0v) is 16.6. The number of fused-ring (bicyclic) bond motifs is 1. The summed E-state index contributed by atoms with van der Waals surface area (Å²) in [6, 6.07) is 11.7. The predicted molar refractivity (Wildman–Crippen MR) is 106 cm³/mol. The Morgan fingerprint density at radius 1 is 1.07 bits per heavy atom. The maximum absolute atomic E-state index is 12.0. The number of carbonyl (C=O) groups is 2. The van der Waals surface area contributed by atoms with E-state index in [0.29, 0.717) is 16.7 Å². The SMILES string of the molecule is Cc1cc(C)n2nc(SCC(=O)NC(=O)CCSc3ccccc3)nc2n1. The van der Waals surface area contributed by atoms with Crippen LogP contribution in [0.1, 0.15) is 17.8 Å². The molecule has 1 aromatic carbocycles. The van der Waals surface area contributed by atoms with Gasteiger partial charge in [-0.2, -0.15) is 4.98 Å². The van der Waals surface area contributed by atoms with Crippen molar-refractivity contribution in [2.75, 3.05) is 11.5 Å². The second-order valence-electron chi connectivity index (χ2n) is 5.82. The zero-order valence-electron chi connectivity index (χ0n) is 15.0. The number of hydrogen-bond acceptors (Lipinski definition) is 7. The van der Waals surface area contributed by atoms with Crippen LogP contribution in [-0.2, 0) is 9.59 Å². The van der Waals surface area contributed by atoms with Crippen LogP contribution in [0.3, 0.4) is 0 Å². The van der Waals surface area contributed by atoms with E-state index in [-0.39, 0.29) is 24.0 Å². The van der Waals surface area contributed by atoms with Crippen LogP contribution in [0.25, 0.3) is 5.78 Å². The summed E-state index contributed by atoms with van der Waals surface area (Å²) in [6.07, 6.45) is 0.283. The third kappa shape index (κ3) is 5.54. The third-order valence-corrected chi connectivity index (χ3v) is 5.40. The van der Waals surface area contributed by atoms with Gasteiger partial charge >= 0.3 is 0 Å². The third-order valence-electron chi connectivity index (χ3n) is 3.55. The van der Waals surface area contributed by atoms with Gasteiger partial charge in [0.05, 0.1) is 5.75 Å². The summed E-state index contributed by atoms with van der Waals surface area (Å²) in [6.45, 7) is 3.81. The van der Waals surface area contributed by atoms with Gasteiger partial charge in [0.1, 0.15) is 0 Å². The summed E-state index contributed by atoms with van der Waals surface area (Å²) in [7, 11) is 0. The summed E-state index contributed by atoms with van der Waals surface area (Å²) >= 11 is 2.76. The van der Waals surface area contributed by atoms with Crippen molar-refractivity contribution in [3.05, 3.63) is 47.8 Å². The minimum absolute atomic E-state index is 0.0759. The van der Waals surface area contributed by atoms with Crippen molar-refractivity contribution in [3.8, 4) is 0 Å². The lowest BCUT2D eigenvalue weighted by atomic mass is 10.4. The number of thioether (sulfide) groups is 2. The van der Waals surface area contributed by atoms with Gasteiger partial charge in [-0.1, -0.05) is 30.0 Å². The molecule has 2 amide bonds. The van der Waals surface area contributed by atoms with E-state index < -0.39 is 0 Å². The zero-order chi connectivity index (χ0) is 19.2. The van der Waals surface area contributed by atoms with Crippen molar-refractivity contribution in [2.24, 2.45) is 0 Å². The number of aryl methyl sites for hydroxylation is 2. The molecule has 0 aliphatic carbocycles. The monoisotopic (exact) mass is 401 g/mol. The summed E-state index contributed by atoms with van der Waals surface area (Å²) in [5.41, 5.74) is 1.79. The minimum Gasteiger partial charge on any atom is -0.296 e. The maximum atomic E-state index is 12.0. The Hall–Kier alpha value is -2.39. The lowest BCUT2D eigenvalue weighted by molar-refractivity contribution is -0.128. The number of imide groups is 1. The van der Waals surface area contributed by atoms with Crippen molar-refractivity contribution < 1.29 is 9.59 Å². The molecule has 9 heteroatoms. The summed E-state index contributed by atoms with van der Waals surface area (Å²) < 4.78 is 1.64. The molecule has 27 heavy (non-hydrogen) atoms. The first-order chi connectivity index (χ1) is 13.0. The molecular formula is C18H19N5O2S2. The highest BCUT2D eigenvalue weighted by atomic mass is 32.2. The largest absolute Gasteiger partial charge is 0.296 e. The highest BCUT2D eigenvalue weighted by Crippen LogP contribution is 2.18. The van der Waals surface area contributed by atoms with Crippen molar-refractivity contribution in [2.45, 2.75) is 30.3 Å². The van der Waals surface area contributed by atoms with E-state index in [0.717, 1.165) is 16.3 Å². The Morgan fingerprint density at radius 2 is 1.85 bits per heavy atom. The molecular weight excluding hydrogens is 382 g/mol. The van der Waals surface area contributed by atoms with Gasteiger partial charge < -0.3 is 0 Å². The van der Waals surface area contributed by atoms with Crippen molar-refractivity contribution in [1.29, 1.82) is 0 Å². The van der Waals surface area contributed by atoms with Gasteiger partial charge in [-0.3, -0.25) is 14.9 Å². The molecule has 3 rings (SSSR count).